The molecule has 1 saturated heterocycles. The number of amides is 1. The van der Waals surface area contributed by atoms with Gasteiger partial charge in [-0.25, -0.2) is 4.98 Å². The fraction of sp³-hybridized carbons (Fsp3) is 0.250. The number of benzene rings is 2. The van der Waals surface area contributed by atoms with Crippen molar-refractivity contribution in [2.45, 2.75) is 12.6 Å². The first-order valence-corrected chi connectivity index (χ1v) is 10.4. The van der Waals surface area contributed by atoms with E-state index in [9.17, 15) is 4.79 Å². The van der Waals surface area contributed by atoms with Crippen molar-refractivity contribution in [2.75, 3.05) is 31.3 Å². The lowest BCUT2D eigenvalue weighted by atomic mass is 10.0. The van der Waals surface area contributed by atoms with Crippen LogP contribution in [0.2, 0.25) is 0 Å². The van der Waals surface area contributed by atoms with Crippen molar-refractivity contribution < 1.29 is 14.3 Å². The lowest BCUT2D eigenvalue weighted by molar-refractivity contribution is 0.0950. The maximum atomic E-state index is 12.7. The number of ether oxygens (including phenoxy) is 2. The van der Waals surface area contributed by atoms with Crippen LogP contribution in [0.1, 0.15) is 27.5 Å². The molecule has 2 aliphatic heterocycles. The first-order valence-electron chi connectivity index (χ1n) is 10.4. The van der Waals surface area contributed by atoms with Gasteiger partial charge in [0.1, 0.15) is 5.82 Å². The Labute approximate surface area is 181 Å². The monoisotopic (exact) mass is 416 g/mol. The quantitative estimate of drug-likeness (QED) is 0.666. The summed E-state index contributed by atoms with van der Waals surface area (Å²) in [6.45, 7) is 3.17. The molecule has 7 nitrogen and oxygen atoms in total. The Morgan fingerprint density at radius 2 is 1.97 bits per heavy atom. The Morgan fingerprint density at radius 3 is 2.87 bits per heavy atom. The van der Waals surface area contributed by atoms with Crippen molar-refractivity contribution in [3.05, 3.63) is 83.6 Å². The van der Waals surface area contributed by atoms with Gasteiger partial charge < -0.3 is 25.0 Å². The third kappa shape index (κ3) is 4.32. The number of nitrogens with one attached hydrogen (secondary N) is 2. The van der Waals surface area contributed by atoms with E-state index in [2.05, 4.69) is 44.8 Å². The molecule has 1 atom stereocenters. The van der Waals surface area contributed by atoms with Crippen LogP contribution in [-0.2, 0) is 6.54 Å². The molecule has 2 N–H and O–H groups in total. The number of pyridine rings is 1. The molecule has 1 aromatic heterocycles. The number of nitrogens with zero attached hydrogens (tertiary/aromatic N) is 2. The summed E-state index contributed by atoms with van der Waals surface area (Å²) in [6, 6.07) is 19.9. The molecule has 1 fully saturated rings. The van der Waals surface area contributed by atoms with Crippen LogP contribution in [0.25, 0.3) is 0 Å². The Hall–Kier alpha value is -3.58. The summed E-state index contributed by atoms with van der Waals surface area (Å²) < 4.78 is 10.7. The van der Waals surface area contributed by atoms with Gasteiger partial charge in [-0.1, -0.05) is 36.4 Å². The van der Waals surface area contributed by atoms with Gasteiger partial charge in [0.05, 0.1) is 0 Å². The van der Waals surface area contributed by atoms with Crippen LogP contribution in [0.5, 0.6) is 11.5 Å². The van der Waals surface area contributed by atoms with Gasteiger partial charge in [0.15, 0.2) is 11.5 Å². The van der Waals surface area contributed by atoms with Crippen molar-refractivity contribution in [2.24, 2.45) is 0 Å². The number of anilines is 1. The second-order valence-corrected chi connectivity index (χ2v) is 7.64. The molecular formula is C24H24N4O3. The van der Waals surface area contributed by atoms with E-state index >= 15 is 0 Å². The van der Waals surface area contributed by atoms with E-state index < -0.39 is 0 Å². The van der Waals surface area contributed by atoms with Crippen molar-refractivity contribution in [1.29, 1.82) is 0 Å². The molecule has 5 rings (SSSR count). The fourth-order valence-electron chi connectivity index (χ4n) is 3.93. The minimum Gasteiger partial charge on any atom is -0.454 e. The highest BCUT2D eigenvalue weighted by Crippen LogP contribution is 2.32. The smallest absolute Gasteiger partial charge is 0.251 e. The van der Waals surface area contributed by atoms with Crippen LogP contribution in [0.15, 0.2) is 66.9 Å². The molecular weight excluding hydrogens is 392 g/mol. The van der Waals surface area contributed by atoms with Crippen LogP contribution >= 0.6 is 0 Å². The molecule has 2 aromatic carbocycles. The largest absolute Gasteiger partial charge is 0.454 e. The number of fused-ring (bicyclic) bond motifs is 1. The van der Waals surface area contributed by atoms with Gasteiger partial charge in [-0.3, -0.25) is 4.79 Å². The molecule has 7 heteroatoms. The fourth-order valence-corrected chi connectivity index (χ4v) is 3.93. The third-order valence-electron chi connectivity index (χ3n) is 5.60. The summed E-state index contributed by atoms with van der Waals surface area (Å²) in [7, 11) is 0. The Balaban J connectivity index is 1.24. The first-order chi connectivity index (χ1) is 15.3. The van der Waals surface area contributed by atoms with E-state index in [0.29, 0.717) is 17.9 Å². The summed E-state index contributed by atoms with van der Waals surface area (Å²) in [5.74, 6) is 2.14. The lowest BCUT2D eigenvalue weighted by Gasteiger charge is -2.34. The minimum absolute atomic E-state index is 0.129. The summed E-state index contributed by atoms with van der Waals surface area (Å²) >= 11 is 0. The summed E-state index contributed by atoms with van der Waals surface area (Å²) in [4.78, 5) is 19.5. The van der Waals surface area contributed by atoms with E-state index in [1.165, 1.54) is 5.56 Å². The second kappa shape index (κ2) is 8.65. The zero-order valence-corrected chi connectivity index (χ0v) is 17.1. The van der Waals surface area contributed by atoms with Crippen LogP contribution in [0.3, 0.4) is 0 Å². The Kier molecular flexibility index (Phi) is 5.41. The average Bonchev–Trinajstić information content (AvgIpc) is 3.31. The van der Waals surface area contributed by atoms with Crippen LogP contribution in [0, 0.1) is 0 Å². The zero-order valence-electron chi connectivity index (χ0n) is 17.1. The third-order valence-corrected chi connectivity index (χ3v) is 5.60. The molecule has 3 heterocycles. The summed E-state index contributed by atoms with van der Waals surface area (Å²) in [5.41, 5.74) is 2.81. The minimum atomic E-state index is -0.129. The number of carbonyl (C=O) groups is 1. The lowest BCUT2D eigenvalue weighted by Crippen LogP contribution is -2.46. The number of rotatable bonds is 5. The highest BCUT2D eigenvalue weighted by molar-refractivity contribution is 5.94. The predicted octanol–water partition coefficient (Wildman–Crippen LogP) is 2.89. The molecule has 2 aliphatic rings. The van der Waals surface area contributed by atoms with Crippen molar-refractivity contribution in [3.8, 4) is 11.5 Å². The molecule has 31 heavy (non-hydrogen) atoms. The number of carbonyl (C=O) groups excluding carboxylic acids is 1. The highest BCUT2D eigenvalue weighted by atomic mass is 16.7. The van der Waals surface area contributed by atoms with E-state index in [1.807, 2.05) is 30.3 Å². The van der Waals surface area contributed by atoms with E-state index in [-0.39, 0.29) is 18.7 Å². The van der Waals surface area contributed by atoms with E-state index in [4.69, 9.17) is 9.47 Å². The van der Waals surface area contributed by atoms with Crippen molar-refractivity contribution in [1.82, 2.24) is 15.6 Å². The van der Waals surface area contributed by atoms with E-state index in [1.54, 1.807) is 12.3 Å². The van der Waals surface area contributed by atoms with Crippen molar-refractivity contribution in [3.63, 3.8) is 0 Å². The molecule has 3 aromatic rings. The summed E-state index contributed by atoms with van der Waals surface area (Å²) in [5, 5.41) is 6.54. The van der Waals surface area contributed by atoms with Crippen molar-refractivity contribution >= 4 is 11.7 Å². The topological polar surface area (TPSA) is 75.7 Å². The molecule has 0 aliphatic carbocycles. The molecule has 0 saturated carbocycles. The predicted molar refractivity (Wildman–Crippen MR) is 117 cm³/mol. The molecule has 0 unspecified atom stereocenters. The van der Waals surface area contributed by atoms with Gasteiger partial charge in [-0.2, -0.15) is 0 Å². The van der Waals surface area contributed by atoms with Gasteiger partial charge in [-0.15, -0.1) is 0 Å². The number of aromatic nitrogens is 1. The van der Waals surface area contributed by atoms with Crippen LogP contribution in [0.4, 0.5) is 5.82 Å². The molecule has 0 radical (unpaired) electrons. The highest BCUT2D eigenvalue weighted by Gasteiger charge is 2.22. The molecule has 1 amide bonds. The average molecular weight is 416 g/mol. The molecule has 0 bridgehead atoms. The van der Waals surface area contributed by atoms with Crippen LogP contribution < -0.4 is 25.0 Å². The van der Waals surface area contributed by atoms with Gasteiger partial charge >= 0.3 is 0 Å². The maximum Gasteiger partial charge on any atom is 0.251 e. The second-order valence-electron chi connectivity index (χ2n) is 7.64. The van der Waals surface area contributed by atoms with Gasteiger partial charge in [0, 0.05) is 44.0 Å². The SMILES string of the molecule is O=C(NCc1ccc2c(c1)OCO2)c1ccnc(N2CCN[C@H](c3ccccc3)C2)c1. The van der Waals surface area contributed by atoms with Gasteiger partial charge in [0.25, 0.3) is 5.91 Å². The standard InChI is InChI=1S/C24H24N4O3/c29-24(27-14-17-6-7-21-22(12-17)31-16-30-21)19-8-9-26-23(13-19)28-11-10-25-20(15-28)18-4-2-1-3-5-18/h1-9,12-13,20,25H,10-11,14-16H2,(H,27,29)/t20-/m0/s1. The summed E-state index contributed by atoms with van der Waals surface area (Å²) in [6.07, 6.45) is 1.70. The number of hydrogen-bond acceptors (Lipinski definition) is 6. The van der Waals surface area contributed by atoms with Crippen LogP contribution in [-0.4, -0.2) is 37.3 Å². The number of piperazine rings is 1. The molecule has 158 valence electrons. The van der Waals surface area contributed by atoms with Gasteiger partial charge in [-0.05, 0) is 35.4 Å². The normalized spacial score (nSPS) is 17.4. The Bertz CT molecular complexity index is 1070. The zero-order chi connectivity index (χ0) is 21.0. The molecule has 0 spiro atoms. The Morgan fingerprint density at radius 1 is 1.10 bits per heavy atom. The first kappa shape index (κ1) is 19.4. The van der Waals surface area contributed by atoms with E-state index in [0.717, 1.165) is 36.8 Å². The maximum absolute atomic E-state index is 12.7. The number of hydrogen-bond donors (Lipinski definition) is 2. The van der Waals surface area contributed by atoms with Gasteiger partial charge in [0.2, 0.25) is 6.79 Å².